The first-order valence-corrected chi connectivity index (χ1v) is 11.7. The minimum atomic E-state index is -4.76. The second-order valence-corrected chi connectivity index (χ2v) is 9.58. The molecule has 0 spiro atoms. The van der Waals surface area contributed by atoms with Gasteiger partial charge in [0.05, 0.1) is 41.6 Å². The number of methoxy groups -OCH3 is 1. The van der Waals surface area contributed by atoms with Gasteiger partial charge in [-0.3, -0.25) is 9.69 Å². The van der Waals surface area contributed by atoms with E-state index in [9.17, 15) is 28.3 Å². The number of alkyl halides is 3. The Bertz CT molecular complexity index is 1270. The molecule has 2 saturated heterocycles. The fraction of sp³-hybridized carbons (Fsp3) is 0.423. The molecule has 3 atom stereocenters. The van der Waals surface area contributed by atoms with Gasteiger partial charge in [0.15, 0.2) is 5.60 Å². The summed E-state index contributed by atoms with van der Waals surface area (Å²) in [6.45, 7) is 2.46. The van der Waals surface area contributed by atoms with Crippen molar-refractivity contribution in [3.05, 3.63) is 53.1 Å². The number of β-amino-alcohol motifs (C(OH)–C–C–N with tert-alkyl or cyclic N) is 1. The van der Waals surface area contributed by atoms with Gasteiger partial charge in [0.2, 0.25) is 0 Å². The first kappa shape index (κ1) is 26.3. The van der Waals surface area contributed by atoms with E-state index in [2.05, 4.69) is 16.3 Å². The van der Waals surface area contributed by atoms with E-state index < -0.39 is 28.8 Å². The van der Waals surface area contributed by atoms with Crippen LogP contribution in [0.15, 0.2) is 36.4 Å². The van der Waals surface area contributed by atoms with Crippen LogP contribution >= 0.6 is 0 Å². The maximum absolute atomic E-state index is 13.3. The monoisotopic (exact) mass is 513 g/mol. The van der Waals surface area contributed by atoms with Crippen molar-refractivity contribution in [1.82, 2.24) is 4.90 Å². The van der Waals surface area contributed by atoms with E-state index in [1.54, 1.807) is 19.2 Å². The number of ether oxygens (including phenoxy) is 1. The number of hydrogen-bond donors (Lipinski definition) is 2. The predicted molar refractivity (Wildman–Crippen MR) is 129 cm³/mol. The summed E-state index contributed by atoms with van der Waals surface area (Å²) >= 11 is 0. The van der Waals surface area contributed by atoms with E-state index in [-0.39, 0.29) is 24.3 Å². The summed E-state index contributed by atoms with van der Waals surface area (Å²) in [6, 6.07) is 12.0. The third-order valence-corrected chi connectivity index (χ3v) is 6.87. The molecular formula is C26H26F3N5O3. The van der Waals surface area contributed by atoms with Gasteiger partial charge in [0.25, 0.3) is 5.91 Å². The highest BCUT2D eigenvalue weighted by Crippen LogP contribution is 2.40. The first-order valence-electron chi connectivity index (χ1n) is 11.7. The zero-order valence-electron chi connectivity index (χ0n) is 20.3. The number of hydrogen-bond acceptors (Lipinski definition) is 7. The largest absolute Gasteiger partial charge is 0.495 e. The number of carbonyl (C=O) groups is 1. The Kier molecular flexibility index (Phi) is 7.05. The molecule has 2 aromatic rings. The number of likely N-dealkylation sites (tertiary alicyclic amines) is 1. The predicted octanol–water partition coefficient (Wildman–Crippen LogP) is 3.50. The zero-order valence-corrected chi connectivity index (χ0v) is 20.3. The Morgan fingerprint density at radius 2 is 1.81 bits per heavy atom. The zero-order chi connectivity index (χ0) is 27.0. The van der Waals surface area contributed by atoms with Crippen molar-refractivity contribution in [3.63, 3.8) is 0 Å². The summed E-state index contributed by atoms with van der Waals surface area (Å²) in [6.07, 6.45) is -2.95. The van der Waals surface area contributed by atoms with Crippen LogP contribution in [-0.4, -0.2) is 60.3 Å². The molecule has 2 N–H and O–H groups in total. The van der Waals surface area contributed by atoms with Crippen molar-refractivity contribution >= 4 is 17.3 Å². The fourth-order valence-electron chi connectivity index (χ4n) is 5.20. The lowest BCUT2D eigenvalue weighted by atomic mass is 10.0. The van der Waals surface area contributed by atoms with Gasteiger partial charge in [-0.1, -0.05) is 0 Å². The molecule has 37 heavy (non-hydrogen) atoms. The molecule has 2 aromatic carbocycles. The van der Waals surface area contributed by atoms with Gasteiger partial charge in [-0.2, -0.15) is 23.7 Å². The van der Waals surface area contributed by atoms with Gasteiger partial charge < -0.3 is 20.1 Å². The van der Waals surface area contributed by atoms with Crippen molar-refractivity contribution < 1.29 is 27.8 Å². The number of nitrogens with one attached hydrogen (secondary N) is 1. The molecule has 2 heterocycles. The molecule has 0 aromatic heterocycles. The second kappa shape index (κ2) is 9.92. The van der Waals surface area contributed by atoms with Crippen molar-refractivity contribution in [1.29, 1.82) is 10.5 Å². The number of halogens is 3. The number of anilines is 2. The van der Waals surface area contributed by atoms with Crippen LogP contribution in [0.25, 0.3) is 0 Å². The van der Waals surface area contributed by atoms with Gasteiger partial charge in [-0.05, 0) is 50.1 Å². The maximum Gasteiger partial charge on any atom is 0.417 e. The molecule has 4 rings (SSSR count). The van der Waals surface area contributed by atoms with Crippen LogP contribution in [0.5, 0.6) is 5.75 Å². The quantitative estimate of drug-likeness (QED) is 0.608. The summed E-state index contributed by atoms with van der Waals surface area (Å²) in [5, 5.41) is 31.4. The minimum Gasteiger partial charge on any atom is -0.495 e. The van der Waals surface area contributed by atoms with E-state index in [1.165, 1.54) is 19.1 Å². The maximum atomic E-state index is 13.3. The number of amides is 1. The van der Waals surface area contributed by atoms with Crippen LogP contribution in [0.1, 0.15) is 36.5 Å². The molecule has 2 aliphatic heterocycles. The highest BCUT2D eigenvalue weighted by molar-refractivity contribution is 5.97. The fourth-order valence-corrected chi connectivity index (χ4v) is 5.20. The summed E-state index contributed by atoms with van der Waals surface area (Å²) in [4.78, 5) is 17.1. The van der Waals surface area contributed by atoms with Crippen LogP contribution in [0.2, 0.25) is 0 Å². The normalized spacial score (nSPS) is 21.0. The molecule has 2 bridgehead atoms. The number of rotatable bonds is 6. The van der Waals surface area contributed by atoms with Crippen LogP contribution in [0.4, 0.5) is 24.5 Å². The molecule has 11 heteroatoms. The Labute approximate surface area is 212 Å². The van der Waals surface area contributed by atoms with E-state index in [0.717, 1.165) is 24.6 Å². The molecule has 2 unspecified atom stereocenters. The average molecular weight is 514 g/mol. The Balaban J connectivity index is 1.45. The van der Waals surface area contributed by atoms with Gasteiger partial charge in [0.1, 0.15) is 5.75 Å². The van der Waals surface area contributed by atoms with Crippen molar-refractivity contribution in [2.45, 2.75) is 43.6 Å². The lowest BCUT2D eigenvalue weighted by molar-refractivity contribution is -0.138. The molecule has 2 aliphatic rings. The van der Waals surface area contributed by atoms with Gasteiger partial charge >= 0.3 is 6.18 Å². The second-order valence-electron chi connectivity index (χ2n) is 9.58. The van der Waals surface area contributed by atoms with Gasteiger partial charge in [-0.15, -0.1) is 0 Å². The van der Waals surface area contributed by atoms with E-state index >= 15 is 0 Å². The lowest BCUT2D eigenvalue weighted by Gasteiger charge is -2.44. The van der Waals surface area contributed by atoms with E-state index in [0.29, 0.717) is 30.5 Å². The highest BCUT2D eigenvalue weighted by Gasteiger charge is 2.44. The molecule has 2 fully saturated rings. The molecule has 1 amide bonds. The van der Waals surface area contributed by atoms with Crippen LogP contribution in [-0.2, 0) is 11.0 Å². The summed E-state index contributed by atoms with van der Waals surface area (Å²) in [7, 11) is 1.56. The summed E-state index contributed by atoms with van der Waals surface area (Å²) in [5.74, 6) is -0.231. The molecule has 194 valence electrons. The van der Waals surface area contributed by atoms with Crippen molar-refractivity contribution in [2.75, 3.05) is 37.0 Å². The Morgan fingerprint density at radius 1 is 1.14 bits per heavy atom. The molecular weight excluding hydrogens is 487 g/mol. The smallest absolute Gasteiger partial charge is 0.417 e. The van der Waals surface area contributed by atoms with Gasteiger partial charge in [0, 0.05) is 43.5 Å². The van der Waals surface area contributed by atoms with E-state index in [4.69, 9.17) is 10.00 Å². The third-order valence-electron chi connectivity index (χ3n) is 6.87. The number of nitriles is 2. The topological polar surface area (TPSA) is 113 Å². The number of piperazine rings is 1. The number of benzene rings is 2. The van der Waals surface area contributed by atoms with Crippen molar-refractivity contribution in [2.24, 2.45) is 0 Å². The number of fused-ring (bicyclic) bond motifs is 2. The number of carbonyl (C=O) groups excluding carboxylic acids is 1. The Morgan fingerprint density at radius 3 is 2.38 bits per heavy atom. The average Bonchev–Trinajstić information content (AvgIpc) is 3.12. The first-order chi connectivity index (χ1) is 17.5. The molecule has 0 radical (unpaired) electrons. The van der Waals surface area contributed by atoms with Crippen LogP contribution in [0.3, 0.4) is 0 Å². The molecule has 8 nitrogen and oxygen atoms in total. The molecule has 0 aliphatic carbocycles. The summed E-state index contributed by atoms with van der Waals surface area (Å²) < 4.78 is 45.3. The summed E-state index contributed by atoms with van der Waals surface area (Å²) in [5.41, 5.74) is -2.35. The van der Waals surface area contributed by atoms with Crippen LogP contribution in [0, 0.1) is 22.7 Å². The van der Waals surface area contributed by atoms with Crippen molar-refractivity contribution in [3.8, 4) is 17.9 Å². The standard InChI is InChI=1S/C26H26F3N5O3/c1-25(36,24(35)32-18-5-4-17(12-31)21(10-18)26(27,28)29)15-33-13-19-6-7-20(14-33)34(19)22-8-3-16(11-30)9-23(22)37-2/h3-5,8-10,19-20,36H,6-7,13-15H2,1-2H3,(H,32,35)/t19?,20?,25-/m0/s1. The van der Waals surface area contributed by atoms with Gasteiger partial charge in [-0.25, -0.2) is 0 Å². The van der Waals surface area contributed by atoms with Crippen LogP contribution < -0.4 is 15.0 Å². The highest BCUT2D eigenvalue weighted by atomic mass is 19.4. The lowest BCUT2D eigenvalue weighted by Crippen LogP contribution is -2.58. The third kappa shape index (κ3) is 5.33. The SMILES string of the molecule is COc1cc(C#N)ccc1N1C2CCC1CN(C[C@](C)(O)C(=O)Nc1ccc(C#N)c(C(F)(F)F)c1)C2. The number of nitrogens with zero attached hydrogens (tertiary/aromatic N) is 4. The Hall–Kier alpha value is -3.80. The van der Waals surface area contributed by atoms with E-state index in [1.807, 2.05) is 11.0 Å². The molecule has 0 saturated carbocycles. The minimum absolute atomic E-state index is 0.00736. The number of aliphatic hydroxyl groups is 1.